The Hall–Kier alpha value is -1.67. The van der Waals surface area contributed by atoms with Gasteiger partial charge in [0.05, 0.1) is 0 Å². The van der Waals surface area contributed by atoms with Crippen molar-refractivity contribution >= 4 is 27.8 Å². The van der Waals surface area contributed by atoms with Crippen LogP contribution in [0.1, 0.15) is 11.1 Å². The van der Waals surface area contributed by atoms with Gasteiger partial charge in [0.2, 0.25) is 0 Å². The molecule has 90 valence electrons. The number of aldehydes is 1. The fourth-order valence-corrected chi connectivity index (χ4v) is 2.20. The lowest BCUT2D eigenvalue weighted by Crippen LogP contribution is -1.89. The van der Waals surface area contributed by atoms with E-state index in [1.165, 1.54) is 5.56 Å². The van der Waals surface area contributed by atoms with Gasteiger partial charge in [0.15, 0.2) is 0 Å². The first-order chi connectivity index (χ1) is 8.81. The highest BCUT2D eigenvalue weighted by Crippen LogP contribution is 2.19. The smallest absolute Gasteiger partial charge is 0.150 e. The lowest BCUT2D eigenvalue weighted by Gasteiger charge is -2.02. The van der Waals surface area contributed by atoms with Gasteiger partial charge in [-0.15, -0.1) is 0 Å². The maximum Gasteiger partial charge on any atom is 0.150 e. The van der Waals surface area contributed by atoms with Gasteiger partial charge in [0, 0.05) is 10.0 Å². The molecule has 0 amide bonds. The van der Waals surface area contributed by atoms with Crippen molar-refractivity contribution in [2.45, 2.75) is 6.42 Å². The van der Waals surface area contributed by atoms with Crippen molar-refractivity contribution in [2.75, 3.05) is 0 Å². The Kier molecular flexibility index (Phi) is 4.48. The first-order valence-corrected chi connectivity index (χ1v) is 6.54. The number of halogens is 1. The van der Waals surface area contributed by atoms with Gasteiger partial charge in [0.1, 0.15) is 6.29 Å². The van der Waals surface area contributed by atoms with E-state index < -0.39 is 0 Å². The highest BCUT2D eigenvalue weighted by Gasteiger charge is 2.00. The van der Waals surface area contributed by atoms with Crippen molar-refractivity contribution in [2.24, 2.45) is 0 Å². The molecule has 0 aliphatic rings. The maximum absolute atomic E-state index is 11.1. The molecule has 0 bridgehead atoms. The van der Waals surface area contributed by atoms with Crippen LogP contribution in [0.15, 0.2) is 65.1 Å². The molecule has 0 aromatic heterocycles. The first kappa shape index (κ1) is 12.8. The fourth-order valence-electron chi connectivity index (χ4n) is 1.75. The average Bonchev–Trinajstić information content (AvgIpc) is 2.42. The van der Waals surface area contributed by atoms with Gasteiger partial charge < -0.3 is 0 Å². The van der Waals surface area contributed by atoms with Gasteiger partial charge >= 0.3 is 0 Å². The van der Waals surface area contributed by atoms with Gasteiger partial charge in [-0.1, -0.05) is 70.5 Å². The van der Waals surface area contributed by atoms with Gasteiger partial charge in [-0.25, -0.2) is 0 Å². The van der Waals surface area contributed by atoms with E-state index in [1.54, 1.807) is 0 Å². The molecule has 2 rings (SSSR count). The molecular weight excluding hydrogens is 288 g/mol. The summed E-state index contributed by atoms with van der Waals surface area (Å²) < 4.78 is 1.07. The van der Waals surface area contributed by atoms with Crippen LogP contribution in [-0.4, -0.2) is 6.29 Å². The van der Waals surface area contributed by atoms with Crippen molar-refractivity contribution in [1.82, 2.24) is 0 Å². The SMILES string of the molecule is O=CC(=CCc1ccccc1Br)c1ccccc1. The van der Waals surface area contributed by atoms with E-state index >= 15 is 0 Å². The molecule has 0 fully saturated rings. The monoisotopic (exact) mass is 300 g/mol. The average molecular weight is 301 g/mol. The highest BCUT2D eigenvalue weighted by molar-refractivity contribution is 9.10. The largest absolute Gasteiger partial charge is 0.298 e. The summed E-state index contributed by atoms with van der Waals surface area (Å²) in [5, 5.41) is 0. The second-order valence-electron chi connectivity index (χ2n) is 3.94. The molecule has 0 spiro atoms. The van der Waals surface area contributed by atoms with E-state index in [2.05, 4.69) is 15.9 Å². The summed E-state index contributed by atoms with van der Waals surface area (Å²) >= 11 is 3.51. The lowest BCUT2D eigenvalue weighted by atomic mass is 10.0. The molecule has 0 aliphatic heterocycles. The molecule has 0 radical (unpaired) electrons. The van der Waals surface area contributed by atoms with Crippen LogP contribution in [0.25, 0.3) is 5.57 Å². The van der Waals surface area contributed by atoms with Crippen molar-refractivity contribution in [1.29, 1.82) is 0 Å². The Bertz CT molecular complexity index is 558. The molecule has 1 nitrogen and oxygen atoms in total. The van der Waals surface area contributed by atoms with Crippen LogP contribution in [0.5, 0.6) is 0 Å². The Morgan fingerprint density at radius 1 is 1.00 bits per heavy atom. The van der Waals surface area contributed by atoms with Crippen LogP contribution in [0.4, 0.5) is 0 Å². The number of rotatable bonds is 4. The third kappa shape index (κ3) is 3.17. The van der Waals surface area contributed by atoms with E-state index in [9.17, 15) is 4.79 Å². The summed E-state index contributed by atoms with van der Waals surface area (Å²) in [4.78, 5) is 11.1. The minimum atomic E-state index is 0.728. The van der Waals surface area contributed by atoms with Gasteiger partial charge in [-0.05, 0) is 23.6 Å². The fraction of sp³-hybridized carbons (Fsp3) is 0.0625. The zero-order valence-electron chi connectivity index (χ0n) is 9.84. The van der Waals surface area contributed by atoms with Gasteiger partial charge in [-0.3, -0.25) is 4.79 Å². The minimum absolute atomic E-state index is 0.728. The van der Waals surface area contributed by atoms with Crippen LogP contribution < -0.4 is 0 Å². The Balaban J connectivity index is 2.22. The number of carbonyl (C=O) groups is 1. The van der Waals surface area contributed by atoms with Crippen molar-refractivity contribution < 1.29 is 4.79 Å². The molecule has 0 heterocycles. The summed E-state index contributed by atoms with van der Waals surface area (Å²) in [7, 11) is 0. The predicted octanol–water partition coefficient (Wildman–Crippen LogP) is 4.27. The van der Waals surface area contributed by atoms with Crippen molar-refractivity contribution in [3.63, 3.8) is 0 Å². The molecule has 0 N–H and O–H groups in total. The number of carbonyl (C=O) groups excluding carboxylic acids is 1. The zero-order valence-corrected chi connectivity index (χ0v) is 11.4. The van der Waals surface area contributed by atoms with E-state index in [4.69, 9.17) is 0 Å². The molecule has 0 aliphatic carbocycles. The summed E-state index contributed by atoms with van der Waals surface area (Å²) in [6, 6.07) is 17.7. The lowest BCUT2D eigenvalue weighted by molar-refractivity contribution is -0.103. The maximum atomic E-state index is 11.1. The van der Waals surface area contributed by atoms with Crippen LogP contribution >= 0.6 is 15.9 Å². The Morgan fingerprint density at radius 3 is 2.33 bits per heavy atom. The molecule has 18 heavy (non-hydrogen) atoms. The summed E-state index contributed by atoms with van der Waals surface area (Å²) in [6.45, 7) is 0. The second-order valence-corrected chi connectivity index (χ2v) is 4.79. The molecule has 0 saturated heterocycles. The topological polar surface area (TPSA) is 17.1 Å². The zero-order chi connectivity index (χ0) is 12.8. The molecule has 2 aromatic rings. The normalized spacial score (nSPS) is 11.3. The summed E-state index contributed by atoms with van der Waals surface area (Å²) in [5.41, 5.74) is 2.86. The Labute approximate surface area is 115 Å². The van der Waals surface area contributed by atoms with Crippen LogP contribution in [0.2, 0.25) is 0 Å². The second kappa shape index (κ2) is 6.31. The summed E-state index contributed by atoms with van der Waals surface area (Å²) in [5.74, 6) is 0. The molecular formula is C16H13BrO. The van der Waals surface area contributed by atoms with Crippen LogP contribution in [0.3, 0.4) is 0 Å². The first-order valence-electron chi connectivity index (χ1n) is 5.75. The standard InChI is InChI=1S/C16H13BrO/c17-16-9-5-4-8-14(16)10-11-15(12-18)13-6-2-1-3-7-13/h1-9,11-12H,10H2. The van der Waals surface area contributed by atoms with E-state index in [-0.39, 0.29) is 0 Å². The number of benzene rings is 2. The third-order valence-electron chi connectivity index (χ3n) is 2.73. The summed E-state index contributed by atoms with van der Waals surface area (Å²) in [6.07, 6.45) is 3.61. The van der Waals surface area contributed by atoms with Crippen LogP contribution in [-0.2, 0) is 11.2 Å². The quantitative estimate of drug-likeness (QED) is 0.608. The van der Waals surface area contributed by atoms with E-state index in [0.29, 0.717) is 0 Å². The van der Waals surface area contributed by atoms with E-state index in [1.807, 2.05) is 60.7 Å². The molecule has 0 unspecified atom stereocenters. The molecule has 2 heteroatoms. The molecule has 2 aromatic carbocycles. The van der Waals surface area contributed by atoms with Gasteiger partial charge in [-0.2, -0.15) is 0 Å². The number of hydrogen-bond acceptors (Lipinski definition) is 1. The van der Waals surface area contributed by atoms with Gasteiger partial charge in [0.25, 0.3) is 0 Å². The van der Waals surface area contributed by atoms with Crippen molar-refractivity contribution in [3.05, 3.63) is 76.3 Å². The highest BCUT2D eigenvalue weighted by atomic mass is 79.9. The minimum Gasteiger partial charge on any atom is -0.298 e. The molecule has 0 saturated carbocycles. The number of allylic oxidation sites excluding steroid dienone is 2. The third-order valence-corrected chi connectivity index (χ3v) is 3.51. The Morgan fingerprint density at radius 2 is 1.67 bits per heavy atom. The van der Waals surface area contributed by atoms with Crippen LogP contribution in [0, 0.1) is 0 Å². The number of hydrogen-bond donors (Lipinski definition) is 0. The predicted molar refractivity (Wildman–Crippen MR) is 78.3 cm³/mol. The van der Waals surface area contributed by atoms with E-state index in [0.717, 1.165) is 28.3 Å². The molecule has 0 atom stereocenters. The van der Waals surface area contributed by atoms with Crippen molar-refractivity contribution in [3.8, 4) is 0 Å².